The maximum Gasteiger partial charge on any atom is 0.255 e. The second-order valence-electron chi connectivity index (χ2n) is 9.30. The standard InChI is InChI=1S/C30H30FN5O2S/c1-4-17-39-30-34-29-32-20(3)26(28(37)33-25-12-8-5-9-19(25)2)27(36(29)35-30)21-13-15-23(16-14-21)38-18-22-10-6-7-11-24(22)31/h5-16,27H,4,17-18H2,1-3H3,(H,33,37)(H,32,34,35). The number of ether oxygens (including phenoxy) is 1. The molecule has 4 aromatic rings. The van der Waals surface area contributed by atoms with Crippen molar-refractivity contribution >= 4 is 29.3 Å². The molecule has 0 fully saturated rings. The summed E-state index contributed by atoms with van der Waals surface area (Å²) < 4.78 is 21.6. The molecular weight excluding hydrogens is 513 g/mol. The van der Waals surface area contributed by atoms with E-state index in [0.29, 0.717) is 33.7 Å². The van der Waals surface area contributed by atoms with Crippen LogP contribution in [0.25, 0.3) is 0 Å². The molecule has 9 heteroatoms. The number of aryl methyl sites for hydroxylation is 1. The van der Waals surface area contributed by atoms with E-state index in [1.807, 2.05) is 62.4 Å². The number of thioether (sulfide) groups is 1. The number of halogens is 1. The summed E-state index contributed by atoms with van der Waals surface area (Å²) in [6.45, 7) is 6.07. The number of aromatic nitrogens is 3. The molecular formula is C30H30FN5O2S. The van der Waals surface area contributed by atoms with Gasteiger partial charge in [0.25, 0.3) is 5.91 Å². The molecule has 0 saturated heterocycles. The summed E-state index contributed by atoms with van der Waals surface area (Å²) in [6, 6.07) is 21.2. The average Bonchev–Trinajstić information content (AvgIpc) is 3.34. The zero-order chi connectivity index (χ0) is 27.4. The van der Waals surface area contributed by atoms with Gasteiger partial charge in [0.05, 0.1) is 5.57 Å². The van der Waals surface area contributed by atoms with Gasteiger partial charge in [-0.25, -0.2) is 9.07 Å². The smallest absolute Gasteiger partial charge is 0.255 e. The van der Waals surface area contributed by atoms with Gasteiger partial charge in [-0.1, -0.05) is 67.2 Å². The Morgan fingerprint density at radius 3 is 2.56 bits per heavy atom. The van der Waals surface area contributed by atoms with Crippen molar-refractivity contribution in [1.29, 1.82) is 0 Å². The Morgan fingerprint density at radius 2 is 1.82 bits per heavy atom. The number of nitrogens with one attached hydrogen (secondary N) is 2. The van der Waals surface area contributed by atoms with Crippen LogP contribution in [0.1, 0.15) is 43.0 Å². The van der Waals surface area contributed by atoms with Crippen molar-refractivity contribution in [2.24, 2.45) is 0 Å². The number of hydrogen-bond acceptors (Lipinski definition) is 6. The van der Waals surface area contributed by atoms with E-state index in [-0.39, 0.29) is 18.3 Å². The van der Waals surface area contributed by atoms with Crippen molar-refractivity contribution in [3.63, 3.8) is 0 Å². The lowest BCUT2D eigenvalue weighted by atomic mass is 9.95. The van der Waals surface area contributed by atoms with Crippen LogP contribution in [0.3, 0.4) is 0 Å². The maximum atomic E-state index is 14.0. The first-order valence-electron chi connectivity index (χ1n) is 12.8. The lowest BCUT2D eigenvalue weighted by molar-refractivity contribution is -0.113. The maximum absolute atomic E-state index is 14.0. The molecule has 1 aliphatic heterocycles. The summed E-state index contributed by atoms with van der Waals surface area (Å²) in [6.07, 6.45) is 1.00. The predicted molar refractivity (Wildman–Crippen MR) is 152 cm³/mol. The Kier molecular flexibility index (Phi) is 7.97. The molecule has 1 unspecified atom stereocenters. The van der Waals surface area contributed by atoms with Gasteiger partial charge in [0.1, 0.15) is 24.2 Å². The molecule has 0 radical (unpaired) electrons. The Morgan fingerprint density at radius 1 is 1.08 bits per heavy atom. The Bertz CT molecular complexity index is 1520. The number of benzene rings is 3. The van der Waals surface area contributed by atoms with E-state index in [9.17, 15) is 9.18 Å². The summed E-state index contributed by atoms with van der Waals surface area (Å²) in [7, 11) is 0. The van der Waals surface area contributed by atoms with Crippen molar-refractivity contribution in [2.75, 3.05) is 16.4 Å². The van der Waals surface area contributed by atoms with Crippen molar-refractivity contribution in [1.82, 2.24) is 14.8 Å². The Labute approximate surface area is 231 Å². The van der Waals surface area contributed by atoms with Crippen LogP contribution >= 0.6 is 11.8 Å². The molecule has 0 bridgehead atoms. The lowest BCUT2D eigenvalue weighted by Crippen LogP contribution is -2.31. The van der Waals surface area contributed by atoms with Crippen LogP contribution in [-0.2, 0) is 11.4 Å². The molecule has 3 aromatic carbocycles. The molecule has 0 saturated carbocycles. The molecule has 7 nitrogen and oxygen atoms in total. The highest BCUT2D eigenvalue weighted by Crippen LogP contribution is 2.37. The molecule has 0 aliphatic carbocycles. The van der Waals surface area contributed by atoms with E-state index < -0.39 is 6.04 Å². The van der Waals surface area contributed by atoms with Crippen LogP contribution in [0.2, 0.25) is 0 Å². The fourth-order valence-corrected chi connectivity index (χ4v) is 5.10. The number of fused-ring (bicyclic) bond motifs is 1. The largest absolute Gasteiger partial charge is 0.489 e. The van der Waals surface area contributed by atoms with Gasteiger partial charge in [0, 0.05) is 22.7 Å². The zero-order valence-electron chi connectivity index (χ0n) is 22.1. The number of allylic oxidation sites excluding steroid dienone is 1. The number of rotatable bonds is 9. The van der Waals surface area contributed by atoms with E-state index in [0.717, 1.165) is 29.0 Å². The second kappa shape index (κ2) is 11.7. The van der Waals surface area contributed by atoms with Gasteiger partial charge in [-0.3, -0.25) is 4.79 Å². The first kappa shape index (κ1) is 26.5. The summed E-state index contributed by atoms with van der Waals surface area (Å²) in [5.41, 5.74) is 4.31. The van der Waals surface area contributed by atoms with Crippen LogP contribution in [0, 0.1) is 12.7 Å². The first-order chi connectivity index (χ1) is 18.9. The topological polar surface area (TPSA) is 81.1 Å². The van der Waals surface area contributed by atoms with Crippen LogP contribution in [0.15, 0.2) is 89.2 Å². The van der Waals surface area contributed by atoms with Crippen LogP contribution in [-0.4, -0.2) is 26.4 Å². The van der Waals surface area contributed by atoms with Crippen LogP contribution in [0.4, 0.5) is 16.0 Å². The minimum atomic E-state index is -0.505. The lowest BCUT2D eigenvalue weighted by Gasteiger charge is -2.29. The van der Waals surface area contributed by atoms with Crippen molar-refractivity contribution in [3.05, 3.63) is 107 Å². The van der Waals surface area contributed by atoms with Crippen molar-refractivity contribution in [3.8, 4) is 5.75 Å². The number of carbonyl (C=O) groups is 1. The number of amides is 1. The van der Waals surface area contributed by atoms with Gasteiger partial charge < -0.3 is 15.4 Å². The highest BCUT2D eigenvalue weighted by molar-refractivity contribution is 7.99. The highest BCUT2D eigenvalue weighted by Gasteiger charge is 2.34. The molecule has 1 aliphatic rings. The van der Waals surface area contributed by atoms with Gasteiger partial charge in [0.2, 0.25) is 11.1 Å². The Balaban J connectivity index is 1.46. The third kappa shape index (κ3) is 5.83. The monoisotopic (exact) mass is 543 g/mol. The minimum absolute atomic E-state index is 0.119. The van der Waals surface area contributed by atoms with Gasteiger partial charge in [-0.2, -0.15) is 4.98 Å². The summed E-state index contributed by atoms with van der Waals surface area (Å²) in [5, 5.41) is 11.8. The summed E-state index contributed by atoms with van der Waals surface area (Å²) in [5.74, 6) is 1.56. The van der Waals surface area contributed by atoms with Gasteiger partial charge in [-0.15, -0.1) is 5.10 Å². The second-order valence-corrected chi connectivity index (χ2v) is 10.4. The highest BCUT2D eigenvalue weighted by atomic mass is 32.2. The molecule has 1 aromatic heterocycles. The van der Waals surface area contributed by atoms with E-state index in [4.69, 9.17) is 9.84 Å². The van der Waals surface area contributed by atoms with Crippen molar-refractivity contribution in [2.45, 2.75) is 45.0 Å². The molecule has 0 spiro atoms. The van der Waals surface area contributed by atoms with E-state index in [1.54, 1.807) is 34.6 Å². The number of carbonyl (C=O) groups excluding carboxylic acids is 1. The van der Waals surface area contributed by atoms with Crippen LogP contribution < -0.4 is 15.4 Å². The molecule has 2 N–H and O–H groups in total. The SMILES string of the molecule is CCCSc1nc2n(n1)C(c1ccc(OCc3ccccc3F)cc1)C(C(=O)Nc1ccccc1C)=C(C)N2. The fraction of sp³-hybridized carbons (Fsp3) is 0.233. The Hall–Kier alpha value is -4.11. The minimum Gasteiger partial charge on any atom is -0.489 e. The molecule has 1 atom stereocenters. The zero-order valence-corrected chi connectivity index (χ0v) is 22.9. The molecule has 1 amide bonds. The fourth-order valence-electron chi connectivity index (χ4n) is 4.41. The number of para-hydroxylation sites is 1. The van der Waals surface area contributed by atoms with Gasteiger partial charge in [0.15, 0.2) is 0 Å². The number of hydrogen-bond donors (Lipinski definition) is 2. The number of anilines is 2. The van der Waals surface area contributed by atoms with E-state index >= 15 is 0 Å². The van der Waals surface area contributed by atoms with Gasteiger partial charge in [-0.05, 0) is 55.7 Å². The molecule has 39 heavy (non-hydrogen) atoms. The molecule has 5 rings (SSSR count). The summed E-state index contributed by atoms with van der Waals surface area (Å²) >= 11 is 1.58. The third-order valence-corrected chi connectivity index (χ3v) is 7.50. The molecule has 200 valence electrons. The van der Waals surface area contributed by atoms with E-state index in [2.05, 4.69) is 22.5 Å². The molecule has 2 heterocycles. The average molecular weight is 544 g/mol. The van der Waals surface area contributed by atoms with Crippen molar-refractivity contribution < 1.29 is 13.9 Å². The van der Waals surface area contributed by atoms with Crippen LogP contribution in [0.5, 0.6) is 5.75 Å². The quantitative estimate of drug-likeness (QED) is 0.228. The first-order valence-corrected chi connectivity index (χ1v) is 13.8. The van der Waals surface area contributed by atoms with E-state index in [1.165, 1.54) is 6.07 Å². The normalized spacial score (nSPS) is 14.5. The predicted octanol–water partition coefficient (Wildman–Crippen LogP) is 6.73. The third-order valence-electron chi connectivity index (χ3n) is 6.45. The van der Waals surface area contributed by atoms with Gasteiger partial charge >= 0.3 is 0 Å². The summed E-state index contributed by atoms with van der Waals surface area (Å²) in [4.78, 5) is 18.4. The number of nitrogens with zero attached hydrogens (tertiary/aromatic N) is 3.